The van der Waals surface area contributed by atoms with Crippen molar-refractivity contribution in [1.82, 2.24) is 5.32 Å². The van der Waals surface area contributed by atoms with Crippen LogP contribution >= 0.6 is 23.4 Å². The number of rotatable bonds is 3. The second-order valence-corrected chi connectivity index (χ2v) is 5.70. The molecule has 0 saturated carbocycles. The summed E-state index contributed by atoms with van der Waals surface area (Å²) in [4.78, 5) is 0. The van der Waals surface area contributed by atoms with Gasteiger partial charge in [0.15, 0.2) is 0 Å². The molecule has 0 radical (unpaired) electrons. The Balaban J connectivity index is 1.90. The maximum Gasteiger partial charge on any atom is 0.120 e. The third kappa shape index (κ3) is 3.30. The molecule has 0 amide bonds. The highest BCUT2D eigenvalue weighted by Gasteiger charge is 2.13. The number of thioether (sulfide) groups is 1. The normalized spacial score (nSPS) is 17.6. The van der Waals surface area contributed by atoms with Gasteiger partial charge >= 0.3 is 0 Å². The van der Waals surface area contributed by atoms with Crippen molar-refractivity contribution < 1.29 is 5.11 Å². The van der Waals surface area contributed by atoms with Crippen LogP contribution in [0.4, 0.5) is 0 Å². The highest BCUT2D eigenvalue weighted by atomic mass is 35.5. The maximum atomic E-state index is 9.66. The standard InChI is InChI=1S/C12H16ClNOS/c13-10-1-2-12(15)9(7-10)8-14-11-3-5-16-6-4-11/h1-2,7,11,14-15H,3-6,8H2. The van der Waals surface area contributed by atoms with E-state index in [9.17, 15) is 5.11 Å². The summed E-state index contributed by atoms with van der Waals surface area (Å²) >= 11 is 7.91. The number of aromatic hydroxyl groups is 1. The summed E-state index contributed by atoms with van der Waals surface area (Å²) < 4.78 is 0. The van der Waals surface area contributed by atoms with Crippen molar-refractivity contribution in [3.05, 3.63) is 28.8 Å². The molecule has 4 heteroatoms. The lowest BCUT2D eigenvalue weighted by atomic mass is 10.1. The molecule has 2 N–H and O–H groups in total. The molecule has 2 nitrogen and oxygen atoms in total. The number of phenolic OH excluding ortho intramolecular Hbond substituents is 1. The summed E-state index contributed by atoms with van der Waals surface area (Å²) in [5, 5.41) is 13.8. The molecule has 0 unspecified atom stereocenters. The smallest absolute Gasteiger partial charge is 0.120 e. The molecule has 16 heavy (non-hydrogen) atoms. The third-order valence-corrected chi connectivity index (χ3v) is 4.13. The van der Waals surface area contributed by atoms with E-state index < -0.39 is 0 Å². The van der Waals surface area contributed by atoms with Gasteiger partial charge in [-0.15, -0.1) is 0 Å². The van der Waals surface area contributed by atoms with Gasteiger partial charge in [-0.2, -0.15) is 11.8 Å². The van der Waals surface area contributed by atoms with E-state index in [0.717, 1.165) is 5.56 Å². The van der Waals surface area contributed by atoms with E-state index in [2.05, 4.69) is 5.32 Å². The van der Waals surface area contributed by atoms with Crippen molar-refractivity contribution in [3.8, 4) is 5.75 Å². The van der Waals surface area contributed by atoms with E-state index in [1.165, 1.54) is 24.3 Å². The third-order valence-electron chi connectivity index (χ3n) is 2.84. The first-order valence-electron chi connectivity index (χ1n) is 5.54. The summed E-state index contributed by atoms with van der Waals surface area (Å²) in [5.41, 5.74) is 0.880. The summed E-state index contributed by atoms with van der Waals surface area (Å²) in [6.07, 6.45) is 2.43. The monoisotopic (exact) mass is 257 g/mol. The van der Waals surface area contributed by atoms with Crippen LogP contribution in [0, 0.1) is 0 Å². The van der Waals surface area contributed by atoms with Gasteiger partial charge < -0.3 is 10.4 Å². The molecule has 1 aromatic carbocycles. The molecule has 0 spiro atoms. The molecule has 88 valence electrons. The SMILES string of the molecule is Oc1ccc(Cl)cc1CNC1CCSCC1. The van der Waals surface area contributed by atoms with Gasteiger partial charge in [0.2, 0.25) is 0 Å². The van der Waals surface area contributed by atoms with Crippen molar-refractivity contribution in [2.45, 2.75) is 25.4 Å². The number of nitrogens with one attached hydrogen (secondary N) is 1. The summed E-state index contributed by atoms with van der Waals surface area (Å²) in [6, 6.07) is 5.76. The lowest BCUT2D eigenvalue weighted by molar-refractivity contribution is 0.447. The van der Waals surface area contributed by atoms with Crippen LogP contribution in [0.1, 0.15) is 18.4 Å². The van der Waals surface area contributed by atoms with Crippen molar-refractivity contribution in [2.24, 2.45) is 0 Å². The van der Waals surface area contributed by atoms with Crippen LogP contribution in [0.25, 0.3) is 0 Å². The van der Waals surface area contributed by atoms with Crippen molar-refractivity contribution >= 4 is 23.4 Å². The number of hydrogen-bond acceptors (Lipinski definition) is 3. The molecule has 0 atom stereocenters. The lowest BCUT2D eigenvalue weighted by Crippen LogP contribution is -2.32. The fourth-order valence-electron chi connectivity index (χ4n) is 1.85. The molecular formula is C12H16ClNOS. The van der Waals surface area contributed by atoms with Crippen LogP contribution in [0.5, 0.6) is 5.75 Å². The summed E-state index contributed by atoms with van der Waals surface area (Å²) in [7, 11) is 0. The van der Waals surface area contributed by atoms with E-state index in [0.29, 0.717) is 23.4 Å². The van der Waals surface area contributed by atoms with Gasteiger partial charge in [-0.1, -0.05) is 11.6 Å². The Kier molecular flexibility index (Phi) is 4.38. The Morgan fingerprint density at radius 2 is 2.12 bits per heavy atom. The zero-order chi connectivity index (χ0) is 11.4. The van der Waals surface area contributed by atoms with Crippen molar-refractivity contribution in [2.75, 3.05) is 11.5 Å². The molecule has 1 saturated heterocycles. The largest absolute Gasteiger partial charge is 0.508 e. The van der Waals surface area contributed by atoms with Gasteiger partial charge in [0.05, 0.1) is 0 Å². The highest BCUT2D eigenvalue weighted by molar-refractivity contribution is 7.99. The van der Waals surface area contributed by atoms with Crippen LogP contribution in [-0.2, 0) is 6.54 Å². The zero-order valence-electron chi connectivity index (χ0n) is 9.08. The molecule has 0 aromatic heterocycles. The Morgan fingerprint density at radius 3 is 2.88 bits per heavy atom. The minimum absolute atomic E-state index is 0.321. The lowest BCUT2D eigenvalue weighted by Gasteiger charge is -2.22. The van der Waals surface area contributed by atoms with E-state index in [4.69, 9.17) is 11.6 Å². The summed E-state index contributed by atoms with van der Waals surface area (Å²) in [6.45, 7) is 0.696. The Hall–Kier alpha value is -0.380. The molecule has 1 aromatic rings. The number of benzene rings is 1. The van der Waals surface area contributed by atoms with Crippen LogP contribution in [0.15, 0.2) is 18.2 Å². The molecule has 2 rings (SSSR count). The molecule has 1 heterocycles. The molecule has 0 bridgehead atoms. The van der Waals surface area contributed by atoms with Gasteiger partial charge in [-0.25, -0.2) is 0 Å². The van der Waals surface area contributed by atoms with Gasteiger partial charge in [0.25, 0.3) is 0 Å². The fourth-order valence-corrected chi connectivity index (χ4v) is 3.15. The van der Waals surface area contributed by atoms with Crippen LogP contribution in [0.3, 0.4) is 0 Å². The minimum atomic E-state index is 0.321. The first kappa shape index (κ1) is 12.1. The molecule has 0 aliphatic carbocycles. The second-order valence-electron chi connectivity index (χ2n) is 4.04. The molecule has 1 aliphatic rings. The Bertz CT molecular complexity index is 353. The predicted octanol–water partition coefficient (Wildman–Crippen LogP) is 3.03. The summed E-state index contributed by atoms with van der Waals surface area (Å²) in [5.74, 6) is 2.79. The average Bonchev–Trinajstić information content (AvgIpc) is 2.32. The predicted molar refractivity (Wildman–Crippen MR) is 70.3 cm³/mol. The van der Waals surface area contributed by atoms with Crippen LogP contribution in [0.2, 0.25) is 5.02 Å². The minimum Gasteiger partial charge on any atom is -0.508 e. The number of halogens is 1. The molecule has 1 fully saturated rings. The number of hydrogen-bond donors (Lipinski definition) is 2. The van der Waals surface area contributed by atoms with Crippen molar-refractivity contribution in [3.63, 3.8) is 0 Å². The average molecular weight is 258 g/mol. The first-order valence-corrected chi connectivity index (χ1v) is 7.07. The highest BCUT2D eigenvalue weighted by Crippen LogP contribution is 2.22. The Morgan fingerprint density at radius 1 is 1.38 bits per heavy atom. The molecular weight excluding hydrogens is 242 g/mol. The van der Waals surface area contributed by atoms with Gasteiger partial charge in [-0.05, 0) is 42.5 Å². The van der Waals surface area contributed by atoms with Gasteiger partial charge in [0, 0.05) is 23.2 Å². The van der Waals surface area contributed by atoms with E-state index in [1.807, 2.05) is 17.8 Å². The van der Waals surface area contributed by atoms with Crippen LogP contribution in [-0.4, -0.2) is 22.7 Å². The van der Waals surface area contributed by atoms with E-state index in [-0.39, 0.29) is 0 Å². The maximum absolute atomic E-state index is 9.66. The van der Waals surface area contributed by atoms with E-state index >= 15 is 0 Å². The first-order chi connectivity index (χ1) is 7.75. The van der Waals surface area contributed by atoms with Crippen molar-refractivity contribution in [1.29, 1.82) is 0 Å². The second kappa shape index (κ2) is 5.80. The van der Waals surface area contributed by atoms with Gasteiger partial charge in [-0.3, -0.25) is 0 Å². The topological polar surface area (TPSA) is 32.3 Å². The van der Waals surface area contributed by atoms with Gasteiger partial charge in [0.1, 0.15) is 5.75 Å². The van der Waals surface area contributed by atoms with E-state index in [1.54, 1.807) is 12.1 Å². The fraction of sp³-hybridized carbons (Fsp3) is 0.500. The number of phenols is 1. The quantitative estimate of drug-likeness (QED) is 0.873. The molecule has 1 aliphatic heterocycles. The Labute approximate surface area is 105 Å². The van der Waals surface area contributed by atoms with Crippen LogP contribution < -0.4 is 5.32 Å². The zero-order valence-corrected chi connectivity index (χ0v) is 10.7.